The minimum absolute atomic E-state index is 0.970. The smallest absolute Gasteiger partial charge is 0.104 e. The number of rotatable bonds is 2. The van der Waals surface area contributed by atoms with Crippen molar-refractivity contribution in [3.63, 3.8) is 0 Å². The van der Waals surface area contributed by atoms with Gasteiger partial charge >= 0.3 is 0 Å². The molecule has 0 fully saturated rings. The summed E-state index contributed by atoms with van der Waals surface area (Å²) in [7, 11) is 0. The van der Waals surface area contributed by atoms with Crippen LogP contribution in [0.4, 0.5) is 0 Å². The summed E-state index contributed by atoms with van der Waals surface area (Å²) in [5, 5.41) is 2.16. The molecule has 0 aliphatic heterocycles. The van der Waals surface area contributed by atoms with E-state index in [2.05, 4.69) is 49.0 Å². The van der Waals surface area contributed by atoms with Crippen LogP contribution in [0.15, 0.2) is 11.6 Å². The topological polar surface area (TPSA) is 28.7 Å². The van der Waals surface area contributed by atoms with E-state index < -0.39 is 0 Å². The minimum atomic E-state index is 0.970. The van der Waals surface area contributed by atoms with Gasteiger partial charge in [-0.2, -0.15) is 0 Å². The van der Waals surface area contributed by atoms with E-state index in [0.29, 0.717) is 0 Å². The monoisotopic (exact) mass is 190 g/mol. The first-order valence-corrected chi connectivity index (χ1v) is 5.01. The molecule has 1 heterocycles. The Bertz CT molecular complexity index is 431. The number of allylic oxidation sites excluding steroid dienone is 2. The Morgan fingerprint density at radius 1 is 1.43 bits per heavy atom. The lowest BCUT2D eigenvalue weighted by Gasteiger charge is -1.82. The van der Waals surface area contributed by atoms with Gasteiger partial charge in [-0.1, -0.05) is 24.6 Å². The fourth-order valence-corrected chi connectivity index (χ4v) is 1.25. The van der Waals surface area contributed by atoms with E-state index >= 15 is 0 Å². The first-order chi connectivity index (χ1) is 6.63. The van der Waals surface area contributed by atoms with Crippen LogP contribution in [0.3, 0.4) is 0 Å². The average molecular weight is 190 g/mol. The average Bonchev–Trinajstić information content (AvgIpc) is 2.44. The first kappa shape index (κ1) is 10.8. The number of nitrogens with zero attached hydrogens (tertiary/aromatic N) is 1. The third kappa shape index (κ3) is 2.87. The minimum Gasteiger partial charge on any atom is -0.342 e. The predicted octanol–water partition coefficient (Wildman–Crippen LogP) is 1.66. The molecule has 2 heteroatoms. The van der Waals surface area contributed by atoms with Crippen molar-refractivity contribution in [3.05, 3.63) is 28.2 Å². The summed E-state index contributed by atoms with van der Waals surface area (Å²) in [5.41, 5.74) is 1.29. The molecule has 0 aliphatic carbocycles. The molecule has 0 bridgehead atoms. The van der Waals surface area contributed by atoms with Gasteiger partial charge in [-0.05, 0) is 33.3 Å². The van der Waals surface area contributed by atoms with Gasteiger partial charge in [0, 0.05) is 0 Å². The van der Waals surface area contributed by atoms with Crippen LogP contribution in [-0.2, 0) is 0 Å². The van der Waals surface area contributed by atoms with Gasteiger partial charge in [-0.3, -0.25) is 0 Å². The highest BCUT2D eigenvalue weighted by Gasteiger charge is 1.90. The van der Waals surface area contributed by atoms with Crippen LogP contribution in [-0.4, -0.2) is 9.97 Å². The summed E-state index contributed by atoms with van der Waals surface area (Å²) in [6, 6.07) is 0. The van der Waals surface area contributed by atoms with Crippen LogP contribution in [0.25, 0.3) is 12.2 Å². The molecule has 0 aromatic carbocycles. The van der Waals surface area contributed by atoms with E-state index in [0.717, 1.165) is 22.9 Å². The first-order valence-electron chi connectivity index (χ1n) is 5.01. The zero-order valence-corrected chi connectivity index (χ0v) is 9.39. The Morgan fingerprint density at radius 3 is 2.71 bits per heavy atom. The molecule has 76 valence electrons. The highest BCUT2D eigenvalue weighted by atomic mass is 14.9. The molecule has 0 saturated carbocycles. The molecule has 0 spiro atoms. The lowest BCUT2D eigenvalue weighted by molar-refractivity contribution is 1.13. The summed E-state index contributed by atoms with van der Waals surface area (Å²) in [6.07, 6.45) is 7.32. The molecule has 1 N–H and O–H groups in total. The maximum atomic E-state index is 4.41. The highest BCUT2D eigenvalue weighted by molar-refractivity contribution is 5.37. The quantitative estimate of drug-likeness (QED) is 0.755. The second-order valence-corrected chi connectivity index (χ2v) is 3.64. The van der Waals surface area contributed by atoms with Crippen LogP contribution in [0.2, 0.25) is 0 Å². The summed E-state index contributed by atoms with van der Waals surface area (Å²) in [6.45, 7) is 8.27. The van der Waals surface area contributed by atoms with Gasteiger partial charge in [-0.15, -0.1) is 0 Å². The Balaban J connectivity index is 3.27. The molecule has 1 rings (SSSR count). The van der Waals surface area contributed by atoms with Gasteiger partial charge in [0.2, 0.25) is 0 Å². The Hall–Kier alpha value is -1.31. The van der Waals surface area contributed by atoms with E-state index in [9.17, 15) is 0 Å². The van der Waals surface area contributed by atoms with Crippen molar-refractivity contribution in [2.24, 2.45) is 0 Å². The zero-order valence-electron chi connectivity index (χ0n) is 9.39. The number of aromatic nitrogens is 2. The fourth-order valence-electron chi connectivity index (χ4n) is 1.25. The molecule has 0 aliphatic rings. The molecule has 0 saturated heterocycles. The van der Waals surface area contributed by atoms with Crippen molar-refractivity contribution in [1.82, 2.24) is 9.97 Å². The van der Waals surface area contributed by atoms with E-state index in [1.165, 1.54) is 5.57 Å². The third-order valence-corrected chi connectivity index (χ3v) is 1.86. The van der Waals surface area contributed by atoms with Crippen molar-refractivity contribution in [2.75, 3.05) is 0 Å². The molecule has 1 aromatic heterocycles. The summed E-state index contributed by atoms with van der Waals surface area (Å²) in [5.74, 6) is 0.970. The molecule has 2 nitrogen and oxygen atoms in total. The maximum absolute atomic E-state index is 4.41. The Kier molecular flexibility index (Phi) is 3.69. The summed E-state index contributed by atoms with van der Waals surface area (Å²) >= 11 is 0. The molecular formula is C12H18N2. The van der Waals surface area contributed by atoms with Gasteiger partial charge in [0.1, 0.15) is 5.82 Å². The SMILES string of the molecule is CC/C=c1/nc(C)[nH]/c1=C/C=C(C)C. The van der Waals surface area contributed by atoms with Crippen molar-refractivity contribution in [1.29, 1.82) is 0 Å². The lowest BCUT2D eigenvalue weighted by atomic mass is 10.3. The van der Waals surface area contributed by atoms with E-state index in [4.69, 9.17) is 0 Å². The predicted molar refractivity (Wildman–Crippen MR) is 61.2 cm³/mol. The van der Waals surface area contributed by atoms with Gasteiger partial charge in [-0.25, -0.2) is 4.98 Å². The number of imidazole rings is 1. The molecule has 0 radical (unpaired) electrons. The third-order valence-electron chi connectivity index (χ3n) is 1.86. The molecule has 1 aromatic rings. The van der Waals surface area contributed by atoms with Crippen LogP contribution in [0, 0.1) is 6.92 Å². The van der Waals surface area contributed by atoms with Gasteiger partial charge in [0.15, 0.2) is 0 Å². The Labute approximate surface area is 85.1 Å². The van der Waals surface area contributed by atoms with Crippen molar-refractivity contribution in [2.45, 2.75) is 34.1 Å². The largest absolute Gasteiger partial charge is 0.342 e. The van der Waals surface area contributed by atoms with E-state index in [1.54, 1.807) is 0 Å². The molecule has 0 unspecified atom stereocenters. The number of aromatic amines is 1. The van der Waals surface area contributed by atoms with E-state index in [-0.39, 0.29) is 0 Å². The normalized spacial score (nSPS) is 13.4. The zero-order chi connectivity index (χ0) is 10.6. The number of aryl methyl sites for hydroxylation is 1. The lowest BCUT2D eigenvalue weighted by Crippen LogP contribution is -2.23. The van der Waals surface area contributed by atoms with Crippen molar-refractivity contribution < 1.29 is 0 Å². The van der Waals surface area contributed by atoms with Crippen LogP contribution < -0.4 is 10.7 Å². The second kappa shape index (κ2) is 4.80. The molecule has 14 heavy (non-hydrogen) atoms. The van der Waals surface area contributed by atoms with Gasteiger partial charge in [0.25, 0.3) is 0 Å². The fraction of sp³-hybridized carbons (Fsp3) is 0.417. The molecule has 0 atom stereocenters. The highest BCUT2D eigenvalue weighted by Crippen LogP contribution is 1.87. The molecule has 0 amide bonds. The molecular weight excluding hydrogens is 172 g/mol. The van der Waals surface area contributed by atoms with E-state index in [1.807, 2.05) is 6.92 Å². The van der Waals surface area contributed by atoms with Gasteiger partial charge < -0.3 is 4.98 Å². The second-order valence-electron chi connectivity index (χ2n) is 3.64. The van der Waals surface area contributed by atoms with Gasteiger partial charge in [0.05, 0.1) is 10.7 Å². The number of hydrogen-bond donors (Lipinski definition) is 1. The summed E-state index contributed by atoms with van der Waals surface area (Å²) in [4.78, 5) is 7.65. The Morgan fingerprint density at radius 2 is 2.14 bits per heavy atom. The van der Waals surface area contributed by atoms with Crippen molar-refractivity contribution in [3.8, 4) is 0 Å². The maximum Gasteiger partial charge on any atom is 0.104 e. The number of nitrogens with one attached hydrogen (secondary N) is 1. The number of hydrogen-bond acceptors (Lipinski definition) is 1. The van der Waals surface area contributed by atoms with Crippen LogP contribution in [0.5, 0.6) is 0 Å². The van der Waals surface area contributed by atoms with Crippen molar-refractivity contribution >= 4 is 12.2 Å². The van der Waals surface area contributed by atoms with Crippen LogP contribution in [0.1, 0.15) is 33.0 Å². The van der Waals surface area contributed by atoms with Crippen LogP contribution >= 0.6 is 0 Å². The summed E-state index contributed by atoms with van der Waals surface area (Å²) < 4.78 is 0. The standard InChI is InChI=1S/C12H18N2/c1-5-6-11-12(8-7-9(2)3)14-10(4)13-11/h6-8H,5H2,1-4H3,(H,13,14)/b11-6+,12-8+. The number of H-pyrrole nitrogens is 1.